The molecule has 0 saturated carbocycles. The van der Waals surface area contributed by atoms with E-state index in [4.69, 9.17) is 5.11 Å². The molecule has 3 N–H and O–H groups in total. The molecule has 116 valence electrons. The van der Waals surface area contributed by atoms with Gasteiger partial charge in [-0.15, -0.1) is 0 Å². The molecule has 0 bridgehead atoms. The Morgan fingerprint density at radius 3 is 2.59 bits per heavy atom. The Balaban J connectivity index is 1.79. The number of benzene rings is 2. The lowest BCUT2D eigenvalue weighted by atomic mass is 10.1. The van der Waals surface area contributed by atoms with Gasteiger partial charge in [0.25, 0.3) is 5.91 Å². The first-order valence-corrected chi connectivity index (χ1v) is 7.56. The van der Waals surface area contributed by atoms with Crippen LogP contribution in [0.3, 0.4) is 0 Å². The van der Waals surface area contributed by atoms with Crippen molar-refractivity contribution in [1.29, 1.82) is 0 Å². The molecular formula is C18H22N2O2. The molecule has 1 amide bonds. The van der Waals surface area contributed by atoms with E-state index in [1.807, 2.05) is 24.3 Å². The van der Waals surface area contributed by atoms with Gasteiger partial charge in [-0.05, 0) is 36.6 Å². The molecule has 4 heteroatoms. The number of nitrogens with one attached hydrogen (secondary N) is 2. The Labute approximate surface area is 131 Å². The maximum absolute atomic E-state index is 11.8. The summed E-state index contributed by atoms with van der Waals surface area (Å²) < 4.78 is 0. The fourth-order valence-corrected chi connectivity index (χ4v) is 2.21. The van der Waals surface area contributed by atoms with Crippen LogP contribution < -0.4 is 10.6 Å². The lowest BCUT2D eigenvalue weighted by Gasteiger charge is -2.09. The number of hydrogen-bond acceptors (Lipinski definition) is 3. The summed E-state index contributed by atoms with van der Waals surface area (Å²) in [6, 6.07) is 17.8. The molecule has 0 aliphatic heterocycles. The number of aliphatic hydroxyl groups excluding tert-OH is 1. The highest BCUT2D eigenvalue weighted by molar-refractivity contribution is 5.95. The quantitative estimate of drug-likeness (QED) is 0.656. The third-order valence-corrected chi connectivity index (χ3v) is 3.34. The number of carbonyl (C=O) groups excluding carboxylic acids is 1. The van der Waals surface area contributed by atoms with Crippen molar-refractivity contribution in [3.05, 3.63) is 65.7 Å². The van der Waals surface area contributed by atoms with Crippen LogP contribution in [-0.2, 0) is 6.42 Å². The van der Waals surface area contributed by atoms with Gasteiger partial charge in [-0.25, -0.2) is 0 Å². The van der Waals surface area contributed by atoms with E-state index in [0.29, 0.717) is 5.56 Å². The summed E-state index contributed by atoms with van der Waals surface area (Å²) in [5.41, 5.74) is 2.87. The highest BCUT2D eigenvalue weighted by Gasteiger charge is 2.04. The Morgan fingerprint density at radius 1 is 1.00 bits per heavy atom. The molecule has 2 rings (SSSR count). The predicted octanol–water partition coefficient (Wildman–Crippen LogP) is 2.45. The van der Waals surface area contributed by atoms with Crippen molar-refractivity contribution in [3.63, 3.8) is 0 Å². The molecule has 0 atom stereocenters. The Morgan fingerprint density at radius 2 is 1.82 bits per heavy atom. The molecular weight excluding hydrogens is 276 g/mol. The number of carbonyl (C=O) groups is 1. The summed E-state index contributed by atoms with van der Waals surface area (Å²) >= 11 is 0. The molecule has 22 heavy (non-hydrogen) atoms. The maximum atomic E-state index is 11.8. The van der Waals surface area contributed by atoms with Gasteiger partial charge in [0.2, 0.25) is 0 Å². The third kappa shape index (κ3) is 5.22. The molecule has 0 radical (unpaired) electrons. The standard InChI is InChI=1S/C18H22N2O2/c21-13-12-20-18(22)16-9-4-10-17(14-16)19-11-5-8-15-6-2-1-3-7-15/h1-4,6-7,9-10,14,19,21H,5,8,11-13H2,(H,20,22). The fourth-order valence-electron chi connectivity index (χ4n) is 2.21. The Bertz CT molecular complexity index is 585. The molecule has 0 aliphatic carbocycles. The van der Waals surface area contributed by atoms with Gasteiger partial charge in [0.15, 0.2) is 0 Å². The van der Waals surface area contributed by atoms with E-state index in [1.165, 1.54) is 5.56 Å². The van der Waals surface area contributed by atoms with Crippen LogP contribution in [0, 0.1) is 0 Å². The average Bonchev–Trinajstić information content (AvgIpc) is 2.58. The van der Waals surface area contributed by atoms with Gasteiger partial charge in [-0.2, -0.15) is 0 Å². The Kier molecular flexibility index (Phi) is 6.45. The topological polar surface area (TPSA) is 61.4 Å². The molecule has 0 spiro atoms. The van der Waals surface area contributed by atoms with Gasteiger partial charge in [0.1, 0.15) is 0 Å². The number of aliphatic hydroxyl groups is 1. The smallest absolute Gasteiger partial charge is 0.251 e. The van der Waals surface area contributed by atoms with Crippen LogP contribution >= 0.6 is 0 Å². The summed E-state index contributed by atoms with van der Waals surface area (Å²) in [5, 5.41) is 14.7. The largest absolute Gasteiger partial charge is 0.395 e. The second-order valence-electron chi connectivity index (χ2n) is 5.08. The molecule has 0 fully saturated rings. The summed E-state index contributed by atoms with van der Waals surface area (Å²) in [6.07, 6.45) is 2.06. The Hall–Kier alpha value is -2.33. The molecule has 2 aromatic rings. The minimum absolute atomic E-state index is 0.0524. The molecule has 0 aliphatic rings. The van der Waals surface area contributed by atoms with Crippen molar-refractivity contribution in [1.82, 2.24) is 5.32 Å². The van der Waals surface area contributed by atoms with Crippen molar-refractivity contribution in [3.8, 4) is 0 Å². The first kappa shape index (κ1) is 16.0. The highest BCUT2D eigenvalue weighted by Crippen LogP contribution is 2.11. The minimum Gasteiger partial charge on any atom is -0.395 e. The van der Waals surface area contributed by atoms with Gasteiger partial charge < -0.3 is 15.7 Å². The minimum atomic E-state index is -0.165. The van der Waals surface area contributed by atoms with E-state index in [9.17, 15) is 4.79 Å². The van der Waals surface area contributed by atoms with Crippen molar-refractivity contribution in [2.24, 2.45) is 0 Å². The van der Waals surface area contributed by atoms with Crippen LogP contribution in [-0.4, -0.2) is 30.7 Å². The van der Waals surface area contributed by atoms with Crippen LogP contribution in [0.25, 0.3) is 0 Å². The average molecular weight is 298 g/mol. The van der Waals surface area contributed by atoms with Gasteiger partial charge in [-0.1, -0.05) is 36.4 Å². The third-order valence-electron chi connectivity index (χ3n) is 3.34. The first-order chi connectivity index (χ1) is 10.8. The number of anilines is 1. The normalized spacial score (nSPS) is 10.2. The first-order valence-electron chi connectivity index (χ1n) is 7.56. The summed E-state index contributed by atoms with van der Waals surface area (Å²) in [5.74, 6) is -0.165. The number of amides is 1. The maximum Gasteiger partial charge on any atom is 0.251 e. The van der Waals surface area contributed by atoms with Crippen LogP contribution in [0.4, 0.5) is 5.69 Å². The molecule has 4 nitrogen and oxygen atoms in total. The zero-order valence-electron chi connectivity index (χ0n) is 12.6. The van der Waals surface area contributed by atoms with Crippen LogP contribution in [0.5, 0.6) is 0 Å². The summed E-state index contributed by atoms with van der Waals surface area (Å²) in [4.78, 5) is 11.8. The van der Waals surface area contributed by atoms with Crippen molar-refractivity contribution in [2.45, 2.75) is 12.8 Å². The van der Waals surface area contributed by atoms with E-state index in [0.717, 1.165) is 25.1 Å². The van der Waals surface area contributed by atoms with E-state index in [2.05, 4.69) is 34.9 Å². The molecule has 0 heterocycles. The zero-order valence-corrected chi connectivity index (χ0v) is 12.6. The van der Waals surface area contributed by atoms with Gasteiger partial charge in [-0.3, -0.25) is 4.79 Å². The SMILES string of the molecule is O=C(NCCO)c1cccc(NCCCc2ccccc2)c1. The van der Waals surface area contributed by atoms with E-state index >= 15 is 0 Å². The van der Waals surface area contributed by atoms with Crippen LogP contribution in [0.15, 0.2) is 54.6 Å². The van der Waals surface area contributed by atoms with Crippen LogP contribution in [0.1, 0.15) is 22.3 Å². The lowest BCUT2D eigenvalue weighted by molar-refractivity contribution is 0.0945. The number of rotatable bonds is 8. The van der Waals surface area contributed by atoms with E-state index in [-0.39, 0.29) is 19.1 Å². The summed E-state index contributed by atoms with van der Waals surface area (Å²) in [6.45, 7) is 1.08. The predicted molar refractivity (Wildman–Crippen MR) is 89.1 cm³/mol. The monoisotopic (exact) mass is 298 g/mol. The van der Waals surface area contributed by atoms with Gasteiger partial charge in [0, 0.05) is 24.3 Å². The van der Waals surface area contributed by atoms with Crippen molar-refractivity contribution >= 4 is 11.6 Å². The summed E-state index contributed by atoms with van der Waals surface area (Å²) in [7, 11) is 0. The van der Waals surface area contributed by atoms with Gasteiger partial charge >= 0.3 is 0 Å². The molecule has 0 aromatic heterocycles. The van der Waals surface area contributed by atoms with E-state index < -0.39 is 0 Å². The molecule has 0 unspecified atom stereocenters. The molecule has 0 saturated heterocycles. The van der Waals surface area contributed by atoms with Crippen molar-refractivity contribution < 1.29 is 9.90 Å². The number of aryl methyl sites for hydroxylation is 1. The second-order valence-corrected chi connectivity index (χ2v) is 5.08. The lowest BCUT2D eigenvalue weighted by Crippen LogP contribution is -2.26. The fraction of sp³-hybridized carbons (Fsp3) is 0.278. The van der Waals surface area contributed by atoms with E-state index in [1.54, 1.807) is 6.07 Å². The van der Waals surface area contributed by atoms with Crippen molar-refractivity contribution in [2.75, 3.05) is 25.0 Å². The molecule has 2 aromatic carbocycles. The van der Waals surface area contributed by atoms with Crippen LogP contribution in [0.2, 0.25) is 0 Å². The van der Waals surface area contributed by atoms with Gasteiger partial charge in [0.05, 0.1) is 6.61 Å². The highest BCUT2D eigenvalue weighted by atomic mass is 16.3. The second kappa shape index (κ2) is 8.85. The zero-order chi connectivity index (χ0) is 15.6. The number of hydrogen-bond donors (Lipinski definition) is 3.